The van der Waals surface area contributed by atoms with Crippen LogP contribution < -0.4 is 0 Å². The molecule has 20 heavy (non-hydrogen) atoms. The van der Waals surface area contributed by atoms with Gasteiger partial charge in [0.05, 0.1) is 13.2 Å². The molecule has 0 saturated carbocycles. The summed E-state index contributed by atoms with van der Waals surface area (Å²) in [6.45, 7) is 13.1. The summed E-state index contributed by atoms with van der Waals surface area (Å²) in [5, 5.41) is 10.1. The lowest BCUT2D eigenvalue weighted by Crippen LogP contribution is -2.31. The molecular formula is C16H30O4. The molecule has 1 atom stereocenters. The highest BCUT2D eigenvalue weighted by Crippen LogP contribution is 2.33. The zero-order valence-electron chi connectivity index (χ0n) is 13.4. The predicted octanol–water partition coefficient (Wildman–Crippen LogP) is 3.39. The Labute approximate surface area is 123 Å². The Morgan fingerprint density at radius 1 is 1.30 bits per heavy atom. The quantitative estimate of drug-likeness (QED) is 0.521. The van der Waals surface area contributed by atoms with E-state index in [1.165, 1.54) is 0 Å². The number of ether oxygens (including phenoxy) is 3. The molecule has 118 valence electrons. The lowest BCUT2D eigenvalue weighted by atomic mass is 10.1. The van der Waals surface area contributed by atoms with Gasteiger partial charge in [-0.1, -0.05) is 34.3 Å². The number of hydrogen-bond acceptors (Lipinski definition) is 4. The first-order valence-corrected chi connectivity index (χ1v) is 7.80. The first-order valence-electron chi connectivity index (χ1n) is 7.80. The molecule has 0 bridgehead atoms. The van der Waals surface area contributed by atoms with Gasteiger partial charge in [-0.05, 0) is 37.7 Å². The normalized spacial score (nSPS) is 22.1. The van der Waals surface area contributed by atoms with Gasteiger partial charge in [0.25, 0.3) is 0 Å². The Morgan fingerprint density at radius 3 is 2.35 bits per heavy atom. The summed E-state index contributed by atoms with van der Waals surface area (Å²) in [5.74, 6) is -1.45. The van der Waals surface area contributed by atoms with Crippen LogP contribution in [0.4, 0.5) is 0 Å². The summed E-state index contributed by atoms with van der Waals surface area (Å²) in [5.41, 5.74) is 0.975. The molecule has 1 saturated heterocycles. The smallest absolute Gasteiger partial charge is 0.168 e. The zero-order chi connectivity index (χ0) is 15.2. The fourth-order valence-corrected chi connectivity index (χ4v) is 2.36. The topological polar surface area (TPSA) is 47.9 Å². The molecule has 1 aliphatic rings. The Morgan fingerprint density at radius 2 is 1.90 bits per heavy atom. The van der Waals surface area contributed by atoms with E-state index in [0.29, 0.717) is 32.5 Å². The van der Waals surface area contributed by atoms with Crippen LogP contribution in [0.5, 0.6) is 0 Å². The summed E-state index contributed by atoms with van der Waals surface area (Å²) < 4.78 is 17.4. The second kappa shape index (κ2) is 7.55. The van der Waals surface area contributed by atoms with Gasteiger partial charge in [-0.3, -0.25) is 0 Å². The molecule has 0 aromatic carbocycles. The van der Waals surface area contributed by atoms with Crippen LogP contribution in [0, 0.1) is 0 Å². The van der Waals surface area contributed by atoms with Crippen LogP contribution in [0.2, 0.25) is 0 Å². The van der Waals surface area contributed by atoms with E-state index in [2.05, 4.69) is 20.4 Å². The molecule has 0 unspecified atom stereocenters. The maximum atomic E-state index is 10.1. The average Bonchev–Trinajstić information content (AvgIpc) is 2.92. The van der Waals surface area contributed by atoms with Gasteiger partial charge in [-0.15, -0.1) is 0 Å². The molecule has 0 spiro atoms. The van der Waals surface area contributed by atoms with E-state index in [0.717, 1.165) is 18.4 Å². The Kier molecular flexibility index (Phi) is 6.65. The summed E-state index contributed by atoms with van der Waals surface area (Å²) in [7, 11) is 0. The molecule has 0 amide bonds. The Bertz CT molecular complexity index is 306. The van der Waals surface area contributed by atoms with Crippen LogP contribution in [-0.2, 0) is 14.2 Å². The summed E-state index contributed by atoms with van der Waals surface area (Å²) in [6.07, 6.45) is 3.49. The molecule has 1 N–H and O–H groups in total. The van der Waals surface area contributed by atoms with E-state index in [-0.39, 0.29) is 6.10 Å². The molecule has 1 rings (SSSR count). The van der Waals surface area contributed by atoms with Crippen LogP contribution in [0.25, 0.3) is 0 Å². The third-order valence-electron chi connectivity index (χ3n) is 4.29. The second-order valence-electron chi connectivity index (χ2n) is 5.45. The van der Waals surface area contributed by atoms with Gasteiger partial charge >= 0.3 is 0 Å². The van der Waals surface area contributed by atoms with Crippen molar-refractivity contribution in [1.82, 2.24) is 0 Å². The maximum absolute atomic E-state index is 10.1. The second-order valence-corrected chi connectivity index (χ2v) is 5.45. The minimum atomic E-state index is -1.01. The molecule has 1 aliphatic heterocycles. The summed E-state index contributed by atoms with van der Waals surface area (Å²) in [6, 6.07) is 0. The highest BCUT2D eigenvalue weighted by molar-refractivity contribution is 5.05. The Balaban J connectivity index is 2.38. The molecule has 0 aliphatic carbocycles. The molecule has 0 radical (unpaired) electrons. The summed E-state index contributed by atoms with van der Waals surface area (Å²) in [4.78, 5) is 0. The van der Waals surface area contributed by atoms with Crippen LogP contribution in [0.1, 0.15) is 59.8 Å². The first-order chi connectivity index (χ1) is 9.44. The van der Waals surface area contributed by atoms with Gasteiger partial charge in [0.1, 0.15) is 6.10 Å². The van der Waals surface area contributed by atoms with Crippen molar-refractivity contribution in [3.63, 3.8) is 0 Å². The van der Waals surface area contributed by atoms with E-state index >= 15 is 0 Å². The van der Waals surface area contributed by atoms with Crippen molar-refractivity contribution in [1.29, 1.82) is 0 Å². The lowest BCUT2D eigenvalue weighted by molar-refractivity contribution is -0.206. The van der Waals surface area contributed by atoms with Crippen molar-refractivity contribution in [3.05, 3.63) is 12.2 Å². The molecule has 4 heteroatoms. The maximum Gasteiger partial charge on any atom is 0.168 e. The Hall–Kier alpha value is -0.420. The number of hydrogen-bond donors (Lipinski definition) is 1. The van der Waals surface area contributed by atoms with Crippen molar-refractivity contribution >= 4 is 0 Å². The molecule has 0 aromatic heterocycles. The standard InChI is InChI=1S/C16H30O4/c1-6-15(17,7-2)18-11-10-13(5)14-12-19-16(8-3,9-4)20-14/h14,17H,5-12H2,1-4H3/t14-/m0/s1. The van der Waals surface area contributed by atoms with E-state index in [1.54, 1.807) is 0 Å². The highest BCUT2D eigenvalue weighted by atomic mass is 16.7. The van der Waals surface area contributed by atoms with Crippen molar-refractivity contribution < 1.29 is 19.3 Å². The van der Waals surface area contributed by atoms with E-state index in [4.69, 9.17) is 14.2 Å². The SMILES string of the molecule is C=C(CCOC(O)(CC)CC)[C@@H]1COC(CC)(CC)O1. The molecular weight excluding hydrogens is 256 g/mol. The fraction of sp³-hybridized carbons (Fsp3) is 0.875. The van der Waals surface area contributed by atoms with Crippen LogP contribution in [0.15, 0.2) is 12.2 Å². The fourth-order valence-electron chi connectivity index (χ4n) is 2.36. The number of rotatable bonds is 9. The minimum Gasteiger partial charge on any atom is -0.365 e. The number of aliphatic hydroxyl groups is 1. The van der Waals surface area contributed by atoms with Crippen LogP contribution in [0.3, 0.4) is 0 Å². The van der Waals surface area contributed by atoms with Gasteiger partial charge in [-0.25, -0.2) is 0 Å². The lowest BCUT2D eigenvalue weighted by Gasteiger charge is -2.27. The van der Waals surface area contributed by atoms with Gasteiger partial charge in [0.15, 0.2) is 11.6 Å². The van der Waals surface area contributed by atoms with Gasteiger partial charge in [0, 0.05) is 0 Å². The monoisotopic (exact) mass is 286 g/mol. The first kappa shape index (κ1) is 17.6. The highest BCUT2D eigenvalue weighted by Gasteiger charge is 2.39. The van der Waals surface area contributed by atoms with Gasteiger partial charge < -0.3 is 19.3 Å². The molecule has 1 heterocycles. The van der Waals surface area contributed by atoms with Crippen LogP contribution >= 0.6 is 0 Å². The van der Waals surface area contributed by atoms with Gasteiger partial charge in [0.2, 0.25) is 0 Å². The molecule has 4 nitrogen and oxygen atoms in total. The van der Waals surface area contributed by atoms with Crippen molar-refractivity contribution in [2.75, 3.05) is 13.2 Å². The molecule has 0 aromatic rings. The zero-order valence-corrected chi connectivity index (χ0v) is 13.4. The van der Waals surface area contributed by atoms with Crippen molar-refractivity contribution in [2.45, 2.75) is 77.5 Å². The molecule has 1 fully saturated rings. The largest absolute Gasteiger partial charge is 0.365 e. The van der Waals surface area contributed by atoms with Gasteiger partial charge in [-0.2, -0.15) is 0 Å². The van der Waals surface area contributed by atoms with Crippen molar-refractivity contribution in [2.24, 2.45) is 0 Å². The predicted molar refractivity (Wildman–Crippen MR) is 79.4 cm³/mol. The minimum absolute atomic E-state index is 0.0603. The average molecular weight is 286 g/mol. The van der Waals surface area contributed by atoms with Crippen LogP contribution in [-0.4, -0.2) is 36.0 Å². The third kappa shape index (κ3) is 4.29. The third-order valence-corrected chi connectivity index (χ3v) is 4.29. The summed E-state index contributed by atoms with van der Waals surface area (Å²) >= 11 is 0. The van der Waals surface area contributed by atoms with E-state index < -0.39 is 11.6 Å². The van der Waals surface area contributed by atoms with Crippen molar-refractivity contribution in [3.8, 4) is 0 Å². The van der Waals surface area contributed by atoms with E-state index in [9.17, 15) is 5.11 Å². The van der Waals surface area contributed by atoms with E-state index in [1.807, 2.05) is 13.8 Å².